The number of hydrogen-bond donors (Lipinski definition) is 0. The summed E-state index contributed by atoms with van der Waals surface area (Å²) in [4.78, 5) is 13.7. The highest BCUT2D eigenvalue weighted by atomic mass is 32.2. The molecule has 0 atom stereocenters. The Bertz CT molecular complexity index is 802. The molecule has 0 unspecified atom stereocenters. The van der Waals surface area contributed by atoms with Crippen LogP contribution >= 0.6 is 11.8 Å². The van der Waals surface area contributed by atoms with Gasteiger partial charge in [0.05, 0.1) is 12.0 Å². The Hall–Kier alpha value is -2.61. The van der Waals surface area contributed by atoms with E-state index < -0.39 is 0 Å². The first-order valence-corrected chi connectivity index (χ1v) is 8.09. The molecule has 3 aromatic rings. The molecular formula is C16H14FN3O3S. The highest BCUT2D eigenvalue weighted by Crippen LogP contribution is 2.23. The predicted molar refractivity (Wildman–Crippen MR) is 85.6 cm³/mol. The van der Waals surface area contributed by atoms with Crippen LogP contribution in [0, 0.1) is 5.82 Å². The van der Waals surface area contributed by atoms with Gasteiger partial charge in [-0.1, -0.05) is 23.9 Å². The smallest absolute Gasteiger partial charge is 0.284 e. The van der Waals surface area contributed by atoms with E-state index in [-0.39, 0.29) is 23.4 Å². The van der Waals surface area contributed by atoms with Crippen LogP contribution in [0.3, 0.4) is 0 Å². The number of amides is 1. The molecule has 124 valence electrons. The van der Waals surface area contributed by atoms with E-state index in [1.807, 2.05) is 0 Å². The summed E-state index contributed by atoms with van der Waals surface area (Å²) in [5, 5.41) is 8.03. The van der Waals surface area contributed by atoms with Crippen molar-refractivity contribution in [1.82, 2.24) is 15.1 Å². The Morgan fingerprint density at radius 3 is 2.75 bits per heavy atom. The molecule has 0 fully saturated rings. The molecule has 1 aromatic carbocycles. The van der Waals surface area contributed by atoms with Crippen LogP contribution in [0.2, 0.25) is 0 Å². The molecule has 6 nitrogen and oxygen atoms in total. The minimum atomic E-state index is -0.299. The van der Waals surface area contributed by atoms with Crippen LogP contribution in [0.1, 0.15) is 5.56 Å². The SMILES string of the molecule is CN(Cc1ccc(F)cc1)C(=O)CSc1nnc(-c2ccco2)o1. The van der Waals surface area contributed by atoms with E-state index in [1.165, 1.54) is 18.4 Å². The number of thioether (sulfide) groups is 1. The zero-order valence-electron chi connectivity index (χ0n) is 12.8. The lowest BCUT2D eigenvalue weighted by Gasteiger charge is -2.16. The zero-order chi connectivity index (χ0) is 16.9. The van der Waals surface area contributed by atoms with Gasteiger partial charge in [-0.2, -0.15) is 0 Å². The molecule has 0 spiro atoms. The Kier molecular flexibility index (Phi) is 4.95. The van der Waals surface area contributed by atoms with E-state index in [2.05, 4.69) is 10.2 Å². The van der Waals surface area contributed by atoms with E-state index in [0.717, 1.165) is 17.3 Å². The number of furan rings is 1. The quantitative estimate of drug-likeness (QED) is 0.638. The van der Waals surface area contributed by atoms with Gasteiger partial charge in [-0.3, -0.25) is 4.79 Å². The Labute approximate surface area is 141 Å². The van der Waals surface area contributed by atoms with Crippen LogP contribution in [-0.4, -0.2) is 33.8 Å². The summed E-state index contributed by atoms with van der Waals surface area (Å²) in [6, 6.07) is 9.48. The maximum Gasteiger partial charge on any atom is 0.284 e. The van der Waals surface area contributed by atoms with Crippen LogP contribution in [0.4, 0.5) is 4.39 Å². The Morgan fingerprint density at radius 2 is 2.04 bits per heavy atom. The molecule has 2 aromatic heterocycles. The van der Waals surface area contributed by atoms with Crippen LogP contribution in [0.5, 0.6) is 0 Å². The van der Waals surface area contributed by atoms with Crippen molar-refractivity contribution in [3.05, 3.63) is 54.0 Å². The van der Waals surface area contributed by atoms with E-state index in [0.29, 0.717) is 17.5 Å². The molecule has 0 saturated heterocycles. The lowest BCUT2D eigenvalue weighted by molar-refractivity contribution is -0.127. The van der Waals surface area contributed by atoms with Crippen molar-refractivity contribution < 1.29 is 18.0 Å². The molecule has 0 saturated carbocycles. The number of carbonyl (C=O) groups is 1. The van der Waals surface area contributed by atoms with Crippen molar-refractivity contribution in [3.8, 4) is 11.7 Å². The second-order valence-corrected chi connectivity index (χ2v) is 5.94. The minimum Gasteiger partial charge on any atom is -0.459 e. The summed E-state index contributed by atoms with van der Waals surface area (Å²) in [5.74, 6) is 0.523. The fourth-order valence-corrected chi connectivity index (χ4v) is 2.66. The summed E-state index contributed by atoms with van der Waals surface area (Å²) in [5.41, 5.74) is 0.857. The van der Waals surface area contributed by atoms with Crippen LogP contribution in [0.15, 0.2) is 56.7 Å². The predicted octanol–water partition coefficient (Wildman–Crippen LogP) is 3.22. The number of aromatic nitrogens is 2. The number of hydrogen-bond acceptors (Lipinski definition) is 6. The van der Waals surface area contributed by atoms with E-state index in [9.17, 15) is 9.18 Å². The number of nitrogens with zero attached hydrogens (tertiary/aromatic N) is 3. The van der Waals surface area contributed by atoms with Gasteiger partial charge in [0.25, 0.3) is 11.1 Å². The number of benzene rings is 1. The third-order valence-corrected chi connectivity index (χ3v) is 4.02. The minimum absolute atomic E-state index is 0.0953. The summed E-state index contributed by atoms with van der Waals surface area (Å²) in [6.45, 7) is 0.404. The molecule has 0 bridgehead atoms. The lowest BCUT2D eigenvalue weighted by Crippen LogP contribution is -2.27. The van der Waals surface area contributed by atoms with Crippen LogP contribution in [-0.2, 0) is 11.3 Å². The standard InChI is InChI=1S/C16H14FN3O3S/c1-20(9-11-4-6-12(17)7-5-11)14(21)10-24-16-19-18-15(23-16)13-3-2-8-22-13/h2-8H,9-10H2,1H3. The van der Waals surface area contributed by atoms with Crippen molar-refractivity contribution in [2.75, 3.05) is 12.8 Å². The second-order valence-electron chi connectivity index (χ2n) is 5.02. The Balaban J connectivity index is 1.52. The first kappa shape index (κ1) is 16.3. The number of halogens is 1. The van der Waals surface area contributed by atoms with Gasteiger partial charge in [0.2, 0.25) is 5.91 Å². The monoisotopic (exact) mass is 347 g/mol. The van der Waals surface area contributed by atoms with E-state index in [4.69, 9.17) is 8.83 Å². The highest BCUT2D eigenvalue weighted by molar-refractivity contribution is 7.99. The molecule has 8 heteroatoms. The normalized spacial score (nSPS) is 10.8. The van der Waals surface area contributed by atoms with Crippen molar-refractivity contribution in [1.29, 1.82) is 0 Å². The first-order chi connectivity index (χ1) is 11.6. The zero-order valence-corrected chi connectivity index (χ0v) is 13.6. The van der Waals surface area contributed by atoms with Crippen molar-refractivity contribution in [3.63, 3.8) is 0 Å². The van der Waals surface area contributed by atoms with E-state index >= 15 is 0 Å². The molecule has 0 aliphatic carbocycles. The van der Waals surface area contributed by atoms with Gasteiger partial charge in [0.15, 0.2) is 5.76 Å². The Morgan fingerprint density at radius 1 is 1.25 bits per heavy atom. The topological polar surface area (TPSA) is 72.4 Å². The molecule has 3 rings (SSSR count). The molecule has 1 amide bonds. The molecule has 24 heavy (non-hydrogen) atoms. The first-order valence-electron chi connectivity index (χ1n) is 7.10. The van der Waals surface area contributed by atoms with Crippen molar-refractivity contribution >= 4 is 17.7 Å². The second kappa shape index (κ2) is 7.31. The van der Waals surface area contributed by atoms with Gasteiger partial charge in [0, 0.05) is 13.6 Å². The molecule has 2 heterocycles. The molecule has 0 aliphatic rings. The van der Waals surface area contributed by atoms with Gasteiger partial charge >= 0.3 is 0 Å². The number of rotatable bonds is 6. The fourth-order valence-electron chi connectivity index (χ4n) is 1.95. The van der Waals surface area contributed by atoms with Crippen LogP contribution in [0.25, 0.3) is 11.7 Å². The average Bonchev–Trinajstić information content (AvgIpc) is 3.25. The maximum atomic E-state index is 12.9. The fraction of sp³-hybridized carbons (Fsp3) is 0.188. The summed E-state index contributed by atoms with van der Waals surface area (Å²) in [7, 11) is 1.69. The average molecular weight is 347 g/mol. The largest absolute Gasteiger partial charge is 0.459 e. The van der Waals surface area contributed by atoms with Gasteiger partial charge in [-0.25, -0.2) is 4.39 Å². The van der Waals surface area contributed by atoms with Gasteiger partial charge in [-0.15, -0.1) is 10.2 Å². The van der Waals surface area contributed by atoms with Gasteiger partial charge in [-0.05, 0) is 29.8 Å². The van der Waals surface area contributed by atoms with E-state index in [1.54, 1.807) is 36.2 Å². The molecule has 0 aliphatic heterocycles. The van der Waals surface area contributed by atoms with Crippen molar-refractivity contribution in [2.45, 2.75) is 11.8 Å². The van der Waals surface area contributed by atoms with Gasteiger partial charge in [0.1, 0.15) is 5.82 Å². The van der Waals surface area contributed by atoms with Gasteiger partial charge < -0.3 is 13.7 Å². The maximum absolute atomic E-state index is 12.9. The summed E-state index contributed by atoms with van der Waals surface area (Å²) < 4.78 is 23.5. The molecular weight excluding hydrogens is 333 g/mol. The lowest BCUT2D eigenvalue weighted by atomic mass is 10.2. The summed E-state index contributed by atoms with van der Waals surface area (Å²) >= 11 is 1.15. The van der Waals surface area contributed by atoms with Crippen molar-refractivity contribution in [2.24, 2.45) is 0 Å². The summed E-state index contributed by atoms with van der Waals surface area (Å²) in [6.07, 6.45) is 1.51. The third kappa shape index (κ3) is 4.02. The molecule has 0 radical (unpaired) electrons. The highest BCUT2D eigenvalue weighted by Gasteiger charge is 2.15. The molecule has 0 N–H and O–H groups in total. The van der Waals surface area contributed by atoms with Crippen LogP contribution < -0.4 is 0 Å². The third-order valence-electron chi connectivity index (χ3n) is 3.22. The number of carbonyl (C=O) groups excluding carboxylic acids is 1.